The molecule has 0 aliphatic rings. The van der Waals surface area contributed by atoms with Gasteiger partial charge in [-0.25, -0.2) is 4.39 Å². The predicted octanol–water partition coefficient (Wildman–Crippen LogP) is 7.51. The van der Waals surface area contributed by atoms with Crippen molar-refractivity contribution < 1.29 is 17.6 Å². The third-order valence-electron chi connectivity index (χ3n) is 4.93. The average molecular weight is 468 g/mol. The minimum atomic E-state index is -4.40. The van der Waals surface area contributed by atoms with Crippen LogP contribution in [0.15, 0.2) is 58.6 Å². The molecule has 0 unspecified atom stereocenters. The molecule has 0 aliphatic heterocycles. The zero-order chi connectivity index (χ0) is 22.3. The number of halogens is 5. The van der Waals surface area contributed by atoms with Crippen LogP contribution >= 0.6 is 23.4 Å². The zero-order valence-corrected chi connectivity index (χ0v) is 18.2. The third-order valence-corrected chi connectivity index (χ3v) is 6.45. The summed E-state index contributed by atoms with van der Waals surface area (Å²) in [6, 6.07) is 8.14. The lowest BCUT2D eigenvalue weighted by Gasteiger charge is -2.08. The molecule has 4 rings (SSSR count). The van der Waals surface area contributed by atoms with Gasteiger partial charge < -0.3 is 4.57 Å². The molecule has 0 N–H and O–H groups in total. The van der Waals surface area contributed by atoms with Crippen molar-refractivity contribution in [3.63, 3.8) is 0 Å². The second-order valence-corrected chi connectivity index (χ2v) is 8.58. The molecular formula is C22H18ClF4N3S. The monoisotopic (exact) mass is 467 g/mol. The standard InChI is InChI=1S/C22H18ClF4N3S/c1-3-10-29-12-15(11-28-29)30-13(2)21(17-8-9-18(23)19(24)20(17)30)31-16-6-4-14(5-7-16)22(25,26)27/h4-9,11-12H,3,10H2,1-2H3. The first-order valence-corrected chi connectivity index (χ1v) is 10.8. The summed E-state index contributed by atoms with van der Waals surface area (Å²) in [5, 5.41) is 4.97. The van der Waals surface area contributed by atoms with E-state index in [0.29, 0.717) is 21.5 Å². The highest BCUT2D eigenvalue weighted by atomic mass is 35.5. The van der Waals surface area contributed by atoms with Crippen LogP contribution in [0.2, 0.25) is 5.02 Å². The van der Waals surface area contributed by atoms with Crippen LogP contribution in [-0.2, 0) is 12.7 Å². The van der Waals surface area contributed by atoms with Gasteiger partial charge in [-0.15, -0.1) is 0 Å². The van der Waals surface area contributed by atoms with Crippen molar-refractivity contribution in [2.45, 2.75) is 42.8 Å². The van der Waals surface area contributed by atoms with Crippen molar-refractivity contribution in [3.8, 4) is 5.69 Å². The summed E-state index contributed by atoms with van der Waals surface area (Å²) in [4.78, 5) is 1.36. The van der Waals surface area contributed by atoms with Crippen molar-refractivity contribution in [2.24, 2.45) is 0 Å². The summed E-state index contributed by atoms with van der Waals surface area (Å²) in [5.41, 5.74) is 1.04. The Morgan fingerprint density at radius 2 is 1.81 bits per heavy atom. The molecule has 4 aromatic rings. The molecule has 0 radical (unpaired) electrons. The summed E-state index contributed by atoms with van der Waals surface area (Å²) in [7, 11) is 0. The maximum Gasteiger partial charge on any atom is 0.416 e. The number of rotatable bonds is 5. The van der Waals surface area contributed by atoms with E-state index in [1.807, 2.05) is 20.0 Å². The Bertz CT molecular complexity index is 1240. The Kier molecular flexibility index (Phi) is 5.79. The second kappa shape index (κ2) is 8.24. The summed E-state index contributed by atoms with van der Waals surface area (Å²) in [6.07, 6.45) is 0.00722. The van der Waals surface area contributed by atoms with Crippen LogP contribution in [-0.4, -0.2) is 14.3 Å². The van der Waals surface area contributed by atoms with Crippen LogP contribution in [0.5, 0.6) is 0 Å². The molecule has 0 atom stereocenters. The highest BCUT2D eigenvalue weighted by molar-refractivity contribution is 7.99. The van der Waals surface area contributed by atoms with Gasteiger partial charge in [0.15, 0.2) is 5.82 Å². The molecule has 3 nitrogen and oxygen atoms in total. The van der Waals surface area contributed by atoms with Crippen LogP contribution in [0.3, 0.4) is 0 Å². The van der Waals surface area contributed by atoms with Crippen molar-refractivity contribution in [2.75, 3.05) is 0 Å². The first kappa shape index (κ1) is 21.8. The summed E-state index contributed by atoms with van der Waals surface area (Å²) in [6.45, 7) is 4.61. The topological polar surface area (TPSA) is 22.8 Å². The highest BCUT2D eigenvalue weighted by Gasteiger charge is 2.30. The van der Waals surface area contributed by atoms with Crippen LogP contribution in [0.25, 0.3) is 16.6 Å². The number of nitrogens with zero attached hydrogens (tertiary/aromatic N) is 3. The summed E-state index contributed by atoms with van der Waals surface area (Å²) in [5.74, 6) is -0.551. The van der Waals surface area contributed by atoms with Crippen LogP contribution < -0.4 is 0 Å². The molecule has 2 heterocycles. The number of hydrogen-bond acceptors (Lipinski definition) is 2. The zero-order valence-electron chi connectivity index (χ0n) is 16.7. The van der Waals surface area contributed by atoms with E-state index in [0.717, 1.165) is 35.7 Å². The van der Waals surface area contributed by atoms with E-state index in [1.165, 1.54) is 30.0 Å². The van der Waals surface area contributed by atoms with E-state index in [2.05, 4.69) is 5.10 Å². The quantitative estimate of drug-likeness (QED) is 0.283. The van der Waals surface area contributed by atoms with Crippen LogP contribution in [0, 0.1) is 12.7 Å². The molecule has 0 spiro atoms. The molecule has 0 saturated carbocycles. The normalized spacial score (nSPS) is 12.1. The van der Waals surface area contributed by atoms with E-state index in [-0.39, 0.29) is 5.02 Å². The van der Waals surface area contributed by atoms with E-state index in [1.54, 1.807) is 21.5 Å². The summed E-state index contributed by atoms with van der Waals surface area (Å²) >= 11 is 7.35. The fraction of sp³-hybridized carbons (Fsp3) is 0.227. The Labute approximate surface area is 185 Å². The molecule has 9 heteroatoms. The average Bonchev–Trinajstić information content (AvgIpc) is 3.28. The van der Waals surface area contributed by atoms with Gasteiger partial charge >= 0.3 is 6.18 Å². The minimum absolute atomic E-state index is 0.00159. The number of aryl methyl sites for hydroxylation is 1. The summed E-state index contributed by atoms with van der Waals surface area (Å²) < 4.78 is 57.3. The van der Waals surface area contributed by atoms with Gasteiger partial charge in [-0.3, -0.25) is 4.68 Å². The van der Waals surface area contributed by atoms with Gasteiger partial charge in [0.25, 0.3) is 0 Å². The number of hydrogen-bond donors (Lipinski definition) is 0. The molecule has 0 aliphatic carbocycles. The van der Waals surface area contributed by atoms with Crippen molar-refractivity contribution in [1.82, 2.24) is 14.3 Å². The van der Waals surface area contributed by atoms with E-state index < -0.39 is 17.6 Å². The van der Waals surface area contributed by atoms with Gasteiger partial charge in [0.2, 0.25) is 0 Å². The second-order valence-electron chi connectivity index (χ2n) is 7.09. The Morgan fingerprint density at radius 3 is 2.45 bits per heavy atom. The number of fused-ring (bicyclic) bond motifs is 1. The number of alkyl halides is 3. The van der Waals surface area contributed by atoms with Crippen molar-refractivity contribution in [1.29, 1.82) is 0 Å². The van der Waals surface area contributed by atoms with E-state index in [9.17, 15) is 13.2 Å². The van der Waals surface area contributed by atoms with Crippen LogP contribution in [0.4, 0.5) is 17.6 Å². The Hall–Kier alpha value is -2.45. The first-order valence-electron chi connectivity index (χ1n) is 9.57. The lowest BCUT2D eigenvalue weighted by Crippen LogP contribution is -2.03. The SMILES string of the molecule is CCCn1cc(-n2c(C)c(Sc3ccc(C(F)(F)F)cc3)c3ccc(Cl)c(F)c32)cn1. The van der Waals surface area contributed by atoms with E-state index >= 15 is 4.39 Å². The molecule has 2 aromatic carbocycles. The molecule has 0 amide bonds. The van der Waals surface area contributed by atoms with Crippen molar-refractivity contribution >= 4 is 34.3 Å². The van der Waals surface area contributed by atoms with Gasteiger partial charge in [-0.2, -0.15) is 18.3 Å². The largest absolute Gasteiger partial charge is 0.416 e. The van der Waals surface area contributed by atoms with Crippen LogP contribution in [0.1, 0.15) is 24.6 Å². The van der Waals surface area contributed by atoms with Gasteiger partial charge in [-0.1, -0.05) is 30.3 Å². The lowest BCUT2D eigenvalue weighted by atomic mass is 10.2. The Morgan fingerprint density at radius 1 is 1.10 bits per heavy atom. The van der Waals surface area contributed by atoms with Gasteiger partial charge in [0, 0.05) is 33.6 Å². The predicted molar refractivity (Wildman–Crippen MR) is 115 cm³/mol. The van der Waals surface area contributed by atoms with Crippen molar-refractivity contribution in [3.05, 3.63) is 70.9 Å². The molecular weight excluding hydrogens is 450 g/mol. The number of benzene rings is 2. The maximum absolute atomic E-state index is 15.1. The van der Waals surface area contributed by atoms with Gasteiger partial charge in [0.05, 0.1) is 28.0 Å². The minimum Gasteiger partial charge on any atom is -0.307 e. The third kappa shape index (κ3) is 4.06. The van der Waals surface area contributed by atoms with Gasteiger partial charge in [0.1, 0.15) is 0 Å². The smallest absolute Gasteiger partial charge is 0.307 e. The first-order chi connectivity index (χ1) is 14.7. The van der Waals surface area contributed by atoms with E-state index in [4.69, 9.17) is 11.6 Å². The molecule has 31 heavy (non-hydrogen) atoms. The van der Waals surface area contributed by atoms with Gasteiger partial charge in [-0.05, 0) is 49.7 Å². The molecule has 0 saturated heterocycles. The molecule has 0 fully saturated rings. The highest BCUT2D eigenvalue weighted by Crippen LogP contribution is 2.42. The maximum atomic E-state index is 15.1. The number of aromatic nitrogens is 3. The fourth-order valence-electron chi connectivity index (χ4n) is 3.51. The Balaban J connectivity index is 1.84. The molecule has 0 bridgehead atoms. The molecule has 162 valence electrons. The fourth-order valence-corrected chi connectivity index (χ4v) is 4.68. The molecule has 2 aromatic heterocycles. The lowest BCUT2D eigenvalue weighted by molar-refractivity contribution is -0.137.